The minimum atomic E-state index is -2.82. The Hall–Kier alpha value is -2.02. The van der Waals surface area contributed by atoms with Gasteiger partial charge in [-0.3, -0.25) is 5.10 Å². The summed E-state index contributed by atoms with van der Waals surface area (Å²) < 4.78 is 28.8. The molecule has 0 saturated carbocycles. The third-order valence-electron chi connectivity index (χ3n) is 2.26. The zero-order valence-corrected chi connectivity index (χ0v) is 9.44. The van der Waals surface area contributed by atoms with Crippen LogP contribution in [0.3, 0.4) is 0 Å². The van der Waals surface area contributed by atoms with Crippen molar-refractivity contribution in [1.29, 1.82) is 0 Å². The van der Waals surface area contributed by atoms with E-state index >= 15 is 0 Å². The van der Waals surface area contributed by atoms with Gasteiger partial charge in [0, 0.05) is 12.1 Å². The number of H-pyrrole nitrogens is 1. The quantitative estimate of drug-likeness (QED) is 0.823. The highest BCUT2D eigenvalue weighted by Crippen LogP contribution is 2.19. The largest absolute Gasteiger partial charge is 0.434 e. The highest BCUT2D eigenvalue weighted by Gasteiger charge is 2.08. The van der Waals surface area contributed by atoms with Crippen molar-refractivity contribution in [3.05, 3.63) is 42.0 Å². The lowest BCUT2D eigenvalue weighted by Gasteiger charge is -2.10. The minimum Gasteiger partial charge on any atom is -0.434 e. The number of aromatic nitrogens is 3. The second-order valence-electron chi connectivity index (χ2n) is 3.52. The lowest BCUT2D eigenvalue weighted by molar-refractivity contribution is -0.0505. The van der Waals surface area contributed by atoms with E-state index in [1.807, 2.05) is 0 Å². The van der Waals surface area contributed by atoms with Gasteiger partial charge in [-0.05, 0) is 6.07 Å². The summed E-state index contributed by atoms with van der Waals surface area (Å²) in [6, 6.07) is 6.66. The highest BCUT2D eigenvalue weighted by atomic mass is 19.3. The van der Waals surface area contributed by atoms with Gasteiger partial charge in [0.1, 0.15) is 17.9 Å². The second kappa shape index (κ2) is 6.06. The Bertz CT molecular complexity index is 476. The molecule has 7 heteroatoms. The first-order valence-electron chi connectivity index (χ1n) is 5.33. The fourth-order valence-electron chi connectivity index (χ4n) is 1.49. The zero-order chi connectivity index (χ0) is 12.8. The molecule has 0 spiro atoms. The first-order chi connectivity index (χ1) is 8.75. The van der Waals surface area contributed by atoms with Crippen LogP contribution in [0, 0.1) is 0 Å². The molecule has 0 fully saturated rings. The van der Waals surface area contributed by atoms with Crippen LogP contribution in [0.2, 0.25) is 0 Å². The van der Waals surface area contributed by atoms with Crippen molar-refractivity contribution in [2.75, 3.05) is 0 Å². The van der Waals surface area contributed by atoms with Gasteiger partial charge in [-0.1, -0.05) is 18.2 Å². The molecular weight excluding hydrogens is 242 g/mol. The minimum absolute atomic E-state index is 0.178. The molecule has 5 nitrogen and oxygen atoms in total. The molecule has 1 aromatic carbocycles. The number of para-hydroxylation sites is 1. The van der Waals surface area contributed by atoms with Crippen LogP contribution < -0.4 is 10.1 Å². The maximum absolute atomic E-state index is 12.2. The van der Waals surface area contributed by atoms with E-state index in [9.17, 15) is 8.78 Å². The molecule has 2 rings (SSSR count). The lowest BCUT2D eigenvalue weighted by Crippen LogP contribution is -2.15. The van der Waals surface area contributed by atoms with E-state index in [1.54, 1.807) is 18.2 Å². The Morgan fingerprint density at radius 2 is 2.11 bits per heavy atom. The van der Waals surface area contributed by atoms with E-state index in [1.165, 1.54) is 12.4 Å². The number of halogens is 2. The van der Waals surface area contributed by atoms with Gasteiger partial charge < -0.3 is 10.1 Å². The SMILES string of the molecule is FC(F)Oc1ccccc1CNCc1ncn[nH]1. The van der Waals surface area contributed by atoms with Gasteiger partial charge in [0.2, 0.25) is 0 Å². The normalized spacial score (nSPS) is 10.8. The third kappa shape index (κ3) is 3.49. The molecule has 2 N–H and O–H groups in total. The van der Waals surface area contributed by atoms with Crippen molar-refractivity contribution in [2.24, 2.45) is 0 Å². The molecule has 1 heterocycles. The van der Waals surface area contributed by atoms with Gasteiger partial charge in [-0.25, -0.2) is 4.98 Å². The van der Waals surface area contributed by atoms with Crippen molar-refractivity contribution in [1.82, 2.24) is 20.5 Å². The van der Waals surface area contributed by atoms with Gasteiger partial charge in [0.15, 0.2) is 0 Å². The molecule has 0 radical (unpaired) electrons. The number of nitrogens with one attached hydrogen (secondary N) is 2. The Balaban J connectivity index is 1.92. The van der Waals surface area contributed by atoms with Crippen LogP contribution in [0.25, 0.3) is 0 Å². The molecule has 0 unspecified atom stereocenters. The van der Waals surface area contributed by atoms with Crippen LogP contribution in [-0.4, -0.2) is 21.8 Å². The monoisotopic (exact) mass is 254 g/mol. The molecule has 0 aliphatic heterocycles. The molecular formula is C11H12F2N4O. The van der Waals surface area contributed by atoms with Gasteiger partial charge in [-0.15, -0.1) is 0 Å². The second-order valence-corrected chi connectivity index (χ2v) is 3.52. The van der Waals surface area contributed by atoms with E-state index < -0.39 is 6.61 Å². The van der Waals surface area contributed by atoms with Crippen LogP contribution >= 0.6 is 0 Å². The Kier molecular flexibility index (Phi) is 4.19. The molecule has 0 aliphatic carbocycles. The maximum atomic E-state index is 12.2. The van der Waals surface area contributed by atoms with Crippen LogP contribution in [0.1, 0.15) is 11.4 Å². The smallest absolute Gasteiger partial charge is 0.387 e. The van der Waals surface area contributed by atoms with E-state index in [0.717, 1.165) is 0 Å². The van der Waals surface area contributed by atoms with Gasteiger partial charge in [-0.2, -0.15) is 13.9 Å². The summed E-state index contributed by atoms with van der Waals surface area (Å²) in [5, 5.41) is 9.46. The van der Waals surface area contributed by atoms with Gasteiger partial charge in [0.05, 0.1) is 6.54 Å². The molecule has 18 heavy (non-hydrogen) atoms. The number of alkyl halides is 2. The third-order valence-corrected chi connectivity index (χ3v) is 2.26. The summed E-state index contributed by atoms with van der Waals surface area (Å²) in [5.74, 6) is 0.861. The van der Waals surface area contributed by atoms with Crippen LogP contribution in [0.5, 0.6) is 5.75 Å². The Labute approximate surface area is 102 Å². The average molecular weight is 254 g/mol. The number of benzene rings is 1. The molecule has 96 valence electrons. The molecule has 0 amide bonds. The van der Waals surface area contributed by atoms with Crippen molar-refractivity contribution in [2.45, 2.75) is 19.7 Å². The standard InChI is InChI=1S/C11H12F2N4O/c12-11(13)18-9-4-2-1-3-8(9)5-14-6-10-15-7-16-17-10/h1-4,7,11,14H,5-6H2,(H,15,16,17). The number of ether oxygens (including phenoxy) is 1. The van der Waals surface area contributed by atoms with E-state index in [2.05, 4.69) is 25.2 Å². The average Bonchev–Trinajstić information content (AvgIpc) is 2.84. The fraction of sp³-hybridized carbons (Fsp3) is 0.273. The summed E-state index contributed by atoms with van der Waals surface area (Å²) in [7, 11) is 0. The predicted octanol–water partition coefficient (Wildman–Crippen LogP) is 1.70. The van der Waals surface area contributed by atoms with Crippen LogP contribution in [0.15, 0.2) is 30.6 Å². The van der Waals surface area contributed by atoms with Crippen LogP contribution in [-0.2, 0) is 13.1 Å². The number of hydrogen-bond donors (Lipinski definition) is 2. The maximum Gasteiger partial charge on any atom is 0.387 e. The zero-order valence-electron chi connectivity index (χ0n) is 9.44. The van der Waals surface area contributed by atoms with Crippen LogP contribution in [0.4, 0.5) is 8.78 Å². The summed E-state index contributed by atoms with van der Waals surface area (Å²) in [5.41, 5.74) is 0.664. The molecule has 2 aromatic rings. The van der Waals surface area contributed by atoms with Crippen molar-refractivity contribution >= 4 is 0 Å². The van der Waals surface area contributed by atoms with Crippen molar-refractivity contribution < 1.29 is 13.5 Å². The summed E-state index contributed by atoms with van der Waals surface area (Å²) in [4.78, 5) is 3.94. The Morgan fingerprint density at radius 1 is 1.28 bits per heavy atom. The Morgan fingerprint density at radius 3 is 2.83 bits per heavy atom. The lowest BCUT2D eigenvalue weighted by atomic mass is 10.2. The molecule has 0 aliphatic rings. The van der Waals surface area contributed by atoms with Gasteiger partial charge in [0.25, 0.3) is 0 Å². The number of aromatic amines is 1. The molecule has 0 bridgehead atoms. The first kappa shape index (κ1) is 12.4. The topological polar surface area (TPSA) is 62.8 Å². The summed E-state index contributed by atoms with van der Waals surface area (Å²) in [6.07, 6.45) is 1.41. The summed E-state index contributed by atoms with van der Waals surface area (Å²) in [6.45, 7) is -1.94. The fourth-order valence-corrected chi connectivity index (χ4v) is 1.49. The van der Waals surface area contributed by atoms with E-state index in [0.29, 0.717) is 24.5 Å². The van der Waals surface area contributed by atoms with E-state index in [4.69, 9.17) is 0 Å². The van der Waals surface area contributed by atoms with Gasteiger partial charge >= 0.3 is 6.61 Å². The summed E-state index contributed by atoms with van der Waals surface area (Å²) >= 11 is 0. The first-order valence-corrected chi connectivity index (χ1v) is 5.33. The highest BCUT2D eigenvalue weighted by molar-refractivity contribution is 5.33. The predicted molar refractivity (Wildman–Crippen MR) is 60.0 cm³/mol. The number of rotatable bonds is 6. The number of nitrogens with zero attached hydrogens (tertiary/aromatic N) is 2. The molecule has 1 aromatic heterocycles. The molecule has 0 atom stereocenters. The van der Waals surface area contributed by atoms with Crippen molar-refractivity contribution in [3.63, 3.8) is 0 Å². The number of hydrogen-bond acceptors (Lipinski definition) is 4. The van der Waals surface area contributed by atoms with Crippen molar-refractivity contribution in [3.8, 4) is 5.75 Å². The van der Waals surface area contributed by atoms with E-state index in [-0.39, 0.29) is 5.75 Å². The molecule has 0 saturated heterocycles.